The highest BCUT2D eigenvalue weighted by Gasteiger charge is 2.56. The number of nitrogens with one attached hydrogen (secondary N) is 2. The molecule has 166 valence electrons. The fourth-order valence-electron chi connectivity index (χ4n) is 3.94. The van der Waals surface area contributed by atoms with E-state index in [1.165, 1.54) is 6.07 Å². The quantitative estimate of drug-likeness (QED) is 0.324. The number of carboxylic acids is 1. The summed E-state index contributed by atoms with van der Waals surface area (Å²) in [5.74, 6) is -0.994. The second kappa shape index (κ2) is 8.54. The van der Waals surface area contributed by atoms with Gasteiger partial charge in [-0.05, 0) is 53.1 Å². The van der Waals surface area contributed by atoms with Crippen molar-refractivity contribution in [3.8, 4) is 11.1 Å². The highest BCUT2D eigenvalue weighted by Crippen LogP contribution is 2.40. The number of rotatable bonds is 7. The molecule has 1 heterocycles. The molecule has 0 aromatic heterocycles. The van der Waals surface area contributed by atoms with E-state index in [0.717, 1.165) is 11.1 Å². The van der Waals surface area contributed by atoms with Crippen molar-refractivity contribution in [2.45, 2.75) is 24.0 Å². The number of hydrogen-bond acceptors (Lipinski definition) is 6. The van der Waals surface area contributed by atoms with Gasteiger partial charge in [0, 0.05) is 17.1 Å². The van der Waals surface area contributed by atoms with E-state index in [2.05, 4.69) is 10.6 Å². The lowest BCUT2D eigenvalue weighted by Gasteiger charge is -2.53. The molecule has 0 saturated carbocycles. The first-order chi connectivity index (χ1) is 15.2. The van der Waals surface area contributed by atoms with Crippen molar-refractivity contribution >= 4 is 23.3 Å². The van der Waals surface area contributed by atoms with Crippen LogP contribution in [-0.4, -0.2) is 44.4 Å². The Kier molecular flexibility index (Phi) is 5.94. The molecule has 3 atom stereocenters. The maximum Gasteiger partial charge on any atom is 0.335 e. The predicted octanol–water partition coefficient (Wildman–Crippen LogP) is 3.22. The highest BCUT2D eigenvalue weighted by atomic mass is 35.5. The molecule has 0 bridgehead atoms. The molecular weight excluding hydrogens is 432 g/mol. The third-order valence-electron chi connectivity index (χ3n) is 5.52. The molecule has 1 aliphatic heterocycles. The molecule has 3 unspecified atom stereocenters. The second-order valence-electron chi connectivity index (χ2n) is 8.04. The topological polar surface area (TPSA) is 122 Å². The number of hydrogen-bond donors (Lipinski definition) is 6. The standard InChI is InChI=1S/C24H23ClN2O5/c25-19-8-2-6-17(11-19)21(28)24(32)13-23(31,27-24)14-26-20-9-3-5-16(12-20)15-4-1-7-18(10-15)22(29)30/h1-12,21,26-28,31-32H,13-14H2,(H,29,30). The van der Waals surface area contributed by atoms with Crippen LogP contribution in [0.2, 0.25) is 5.02 Å². The lowest BCUT2D eigenvalue weighted by molar-refractivity contribution is -0.252. The molecule has 3 aromatic rings. The van der Waals surface area contributed by atoms with Gasteiger partial charge in [-0.1, -0.05) is 48.0 Å². The van der Waals surface area contributed by atoms with E-state index < -0.39 is 23.5 Å². The van der Waals surface area contributed by atoms with E-state index in [1.54, 1.807) is 36.4 Å². The monoisotopic (exact) mass is 454 g/mol. The van der Waals surface area contributed by atoms with Gasteiger partial charge in [-0.15, -0.1) is 0 Å². The van der Waals surface area contributed by atoms with E-state index in [1.807, 2.05) is 30.3 Å². The maximum absolute atomic E-state index is 11.2. The van der Waals surface area contributed by atoms with Crippen LogP contribution in [0.15, 0.2) is 72.8 Å². The Hall–Kier alpha value is -2.94. The normalized spacial score (nSPS) is 23.2. The van der Waals surface area contributed by atoms with Gasteiger partial charge in [0.15, 0.2) is 5.72 Å². The summed E-state index contributed by atoms with van der Waals surface area (Å²) in [5, 5.41) is 47.3. The zero-order valence-corrected chi connectivity index (χ0v) is 17.8. The van der Waals surface area contributed by atoms with Crippen LogP contribution in [-0.2, 0) is 0 Å². The average molecular weight is 455 g/mol. The van der Waals surface area contributed by atoms with Crippen LogP contribution in [0.5, 0.6) is 0 Å². The maximum atomic E-state index is 11.2. The molecule has 0 amide bonds. The lowest BCUT2D eigenvalue weighted by atomic mass is 9.82. The minimum Gasteiger partial charge on any atom is -0.478 e. The first-order valence-corrected chi connectivity index (χ1v) is 10.4. The molecule has 7 nitrogen and oxygen atoms in total. The Balaban J connectivity index is 1.41. The summed E-state index contributed by atoms with van der Waals surface area (Å²) in [4.78, 5) is 11.2. The van der Waals surface area contributed by atoms with Crippen LogP contribution in [0.4, 0.5) is 5.69 Å². The van der Waals surface area contributed by atoms with E-state index in [0.29, 0.717) is 16.3 Å². The number of benzene rings is 3. The SMILES string of the molecule is O=C(O)c1cccc(-c2cccc(NCC3(O)CC(O)(C(O)c4cccc(Cl)c4)N3)c2)c1. The Labute approximate surface area is 189 Å². The van der Waals surface area contributed by atoms with Gasteiger partial charge in [0.2, 0.25) is 0 Å². The number of carbonyl (C=O) groups is 1. The van der Waals surface area contributed by atoms with Crippen molar-refractivity contribution in [3.05, 3.63) is 88.9 Å². The van der Waals surface area contributed by atoms with E-state index >= 15 is 0 Å². The van der Waals surface area contributed by atoms with Crippen molar-refractivity contribution in [2.24, 2.45) is 0 Å². The highest BCUT2D eigenvalue weighted by molar-refractivity contribution is 6.30. The van der Waals surface area contributed by atoms with Gasteiger partial charge in [-0.25, -0.2) is 4.79 Å². The zero-order valence-electron chi connectivity index (χ0n) is 17.0. The molecule has 0 spiro atoms. The van der Waals surface area contributed by atoms with Crippen molar-refractivity contribution in [3.63, 3.8) is 0 Å². The van der Waals surface area contributed by atoms with Gasteiger partial charge in [0.25, 0.3) is 0 Å². The van der Waals surface area contributed by atoms with Crippen LogP contribution in [0, 0.1) is 0 Å². The second-order valence-corrected chi connectivity index (χ2v) is 8.47. The fraction of sp³-hybridized carbons (Fsp3) is 0.208. The van der Waals surface area contributed by atoms with E-state index in [9.17, 15) is 25.2 Å². The molecule has 1 saturated heterocycles. The van der Waals surface area contributed by atoms with Crippen LogP contribution >= 0.6 is 11.6 Å². The minimum atomic E-state index is -1.68. The first-order valence-electron chi connectivity index (χ1n) is 10.0. The number of aliphatic hydroxyl groups is 3. The molecule has 1 aliphatic rings. The summed E-state index contributed by atoms with van der Waals surface area (Å²) in [6.07, 6.45) is -1.35. The largest absolute Gasteiger partial charge is 0.478 e. The number of aromatic carboxylic acids is 1. The molecule has 4 rings (SSSR count). The molecule has 0 aliphatic carbocycles. The summed E-state index contributed by atoms with van der Waals surface area (Å²) < 4.78 is 0. The Bertz CT molecular complexity index is 1150. The van der Waals surface area contributed by atoms with Crippen molar-refractivity contribution in [2.75, 3.05) is 11.9 Å². The van der Waals surface area contributed by atoms with Gasteiger partial charge >= 0.3 is 5.97 Å². The summed E-state index contributed by atoms with van der Waals surface area (Å²) >= 11 is 5.95. The number of anilines is 1. The summed E-state index contributed by atoms with van der Waals surface area (Å²) in [7, 11) is 0. The first kappa shape index (κ1) is 22.3. The summed E-state index contributed by atoms with van der Waals surface area (Å²) in [5.41, 5.74) is -0.171. The Morgan fingerprint density at radius 2 is 1.69 bits per heavy atom. The number of halogens is 1. The minimum absolute atomic E-state index is 0.0796. The molecule has 6 N–H and O–H groups in total. The van der Waals surface area contributed by atoms with Crippen molar-refractivity contribution in [1.82, 2.24) is 5.32 Å². The third-order valence-corrected chi connectivity index (χ3v) is 5.75. The molecule has 3 aromatic carbocycles. The number of aliphatic hydroxyl groups excluding tert-OH is 1. The third kappa shape index (κ3) is 4.62. The fourth-order valence-corrected chi connectivity index (χ4v) is 4.14. The zero-order chi connectivity index (χ0) is 22.9. The Morgan fingerprint density at radius 3 is 2.38 bits per heavy atom. The van der Waals surface area contributed by atoms with Gasteiger partial charge in [0.1, 0.15) is 11.8 Å². The molecule has 1 fully saturated rings. The molecule has 8 heteroatoms. The number of carboxylic acid groups (broad SMARTS) is 1. The van der Waals surface area contributed by atoms with Gasteiger partial charge in [0.05, 0.1) is 12.1 Å². The van der Waals surface area contributed by atoms with Gasteiger partial charge in [-0.3, -0.25) is 5.32 Å². The average Bonchev–Trinajstić information content (AvgIpc) is 2.76. The lowest BCUT2D eigenvalue weighted by Crippen LogP contribution is -2.76. The summed E-state index contributed by atoms with van der Waals surface area (Å²) in [6, 6.07) is 20.5. The molecular formula is C24H23ClN2O5. The molecule has 32 heavy (non-hydrogen) atoms. The van der Waals surface area contributed by atoms with Crippen molar-refractivity contribution < 1.29 is 25.2 Å². The van der Waals surface area contributed by atoms with E-state index in [4.69, 9.17) is 11.6 Å². The van der Waals surface area contributed by atoms with Crippen LogP contribution < -0.4 is 10.6 Å². The van der Waals surface area contributed by atoms with Crippen LogP contribution in [0.3, 0.4) is 0 Å². The van der Waals surface area contributed by atoms with Gasteiger partial charge < -0.3 is 25.7 Å². The smallest absolute Gasteiger partial charge is 0.335 e. The molecule has 0 radical (unpaired) electrons. The van der Waals surface area contributed by atoms with Crippen LogP contribution in [0.25, 0.3) is 11.1 Å². The van der Waals surface area contributed by atoms with Crippen molar-refractivity contribution in [1.29, 1.82) is 0 Å². The van der Waals surface area contributed by atoms with Crippen LogP contribution in [0.1, 0.15) is 28.4 Å². The predicted molar refractivity (Wildman–Crippen MR) is 121 cm³/mol. The van der Waals surface area contributed by atoms with E-state index in [-0.39, 0.29) is 18.5 Å². The van der Waals surface area contributed by atoms with Gasteiger partial charge in [-0.2, -0.15) is 0 Å². The Morgan fingerprint density at radius 1 is 1.03 bits per heavy atom. The summed E-state index contributed by atoms with van der Waals surface area (Å²) in [6.45, 7) is 0.0796.